The number of nitrogens with zero attached hydrogens (tertiary/aromatic N) is 4. The first-order valence-corrected chi connectivity index (χ1v) is 5.60. The summed E-state index contributed by atoms with van der Waals surface area (Å²) in [6.07, 6.45) is -5.04. The Bertz CT molecular complexity index is 741. The quantitative estimate of drug-likeness (QED) is 0.486. The van der Waals surface area contributed by atoms with Crippen LogP contribution in [0.25, 0.3) is 5.69 Å². The van der Waals surface area contributed by atoms with Crippen LogP contribution in [0.1, 0.15) is 16.2 Å². The molecule has 2 rings (SSSR count). The molecule has 0 aliphatic heterocycles. The van der Waals surface area contributed by atoms with E-state index in [9.17, 15) is 28.1 Å². The number of carbonyl (C=O) groups is 1. The van der Waals surface area contributed by atoms with Gasteiger partial charge in [0.1, 0.15) is 11.4 Å². The molecule has 116 valence electrons. The zero-order valence-corrected chi connectivity index (χ0v) is 10.9. The molecule has 11 heteroatoms. The Labute approximate surface area is 120 Å². The average molecular weight is 316 g/mol. The van der Waals surface area contributed by atoms with Crippen LogP contribution in [0.15, 0.2) is 18.2 Å². The largest absolute Gasteiger partial charge is 0.494 e. The molecule has 0 aliphatic carbocycles. The summed E-state index contributed by atoms with van der Waals surface area (Å²) in [5.74, 6) is -0.0987. The number of hydrogen-bond donors (Lipinski definition) is 0. The highest BCUT2D eigenvalue weighted by Crippen LogP contribution is 2.35. The predicted molar refractivity (Wildman–Crippen MR) is 65.0 cm³/mol. The van der Waals surface area contributed by atoms with Gasteiger partial charge in [-0.15, -0.1) is 5.10 Å². The maximum absolute atomic E-state index is 13.1. The third-order valence-corrected chi connectivity index (χ3v) is 2.68. The van der Waals surface area contributed by atoms with Crippen molar-refractivity contribution in [3.05, 3.63) is 39.7 Å². The van der Waals surface area contributed by atoms with E-state index in [4.69, 9.17) is 4.74 Å². The Kier molecular flexibility index (Phi) is 3.80. The molecular weight excluding hydrogens is 309 g/mol. The Hall–Kier alpha value is -2.98. The molecule has 2 aromatic rings. The molecule has 8 nitrogen and oxygen atoms in total. The first kappa shape index (κ1) is 15.4. The normalized spacial score (nSPS) is 11.3. The number of carbonyl (C=O) groups excluding carboxylic acids is 1. The highest BCUT2D eigenvalue weighted by molar-refractivity contribution is 5.74. The number of aromatic nitrogens is 3. The number of ether oxygens (including phenoxy) is 1. The van der Waals surface area contributed by atoms with Crippen molar-refractivity contribution in [1.29, 1.82) is 0 Å². The van der Waals surface area contributed by atoms with E-state index >= 15 is 0 Å². The number of methoxy groups -OCH3 is 1. The van der Waals surface area contributed by atoms with Crippen LogP contribution in [-0.4, -0.2) is 33.3 Å². The summed E-state index contributed by atoms with van der Waals surface area (Å²) < 4.78 is 44.4. The molecule has 0 fully saturated rings. The number of hydrogen-bond acceptors (Lipinski definition) is 6. The van der Waals surface area contributed by atoms with Gasteiger partial charge in [0.2, 0.25) is 0 Å². The van der Waals surface area contributed by atoms with E-state index in [1.165, 1.54) is 7.11 Å². The first-order chi connectivity index (χ1) is 10.3. The zero-order valence-electron chi connectivity index (χ0n) is 10.9. The molecule has 1 aromatic carbocycles. The van der Waals surface area contributed by atoms with E-state index in [2.05, 4.69) is 10.3 Å². The van der Waals surface area contributed by atoms with Crippen molar-refractivity contribution < 1.29 is 27.6 Å². The molecule has 0 saturated carbocycles. The summed E-state index contributed by atoms with van der Waals surface area (Å²) in [4.78, 5) is 20.7. The van der Waals surface area contributed by atoms with E-state index in [-0.39, 0.29) is 22.4 Å². The van der Waals surface area contributed by atoms with Gasteiger partial charge in [-0.1, -0.05) is 5.21 Å². The Morgan fingerprint density at radius 1 is 1.41 bits per heavy atom. The van der Waals surface area contributed by atoms with Crippen molar-refractivity contribution >= 4 is 12.0 Å². The maximum atomic E-state index is 13.1. The van der Waals surface area contributed by atoms with Crippen LogP contribution >= 0.6 is 0 Å². The van der Waals surface area contributed by atoms with E-state index in [0.717, 1.165) is 18.2 Å². The van der Waals surface area contributed by atoms with Gasteiger partial charge in [0.15, 0.2) is 17.7 Å². The molecule has 0 spiro atoms. The Balaban J connectivity index is 2.76. The van der Waals surface area contributed by atoms with Gasteiger partial charge in [0.05, 0.1) is 12.0 Å². The summed E-state index contributed by atoms with van der Waals surface area (Å²) in [5.41, 5.74) is -3.20. The number of rotatable bonds is 4. The monoisotopic (exact) mass is 316 g/mol. The summed E-state index contributed by atoms with van der Waals surface area (Å²) in [6.45, 7) is 0. The van der Waals surface area contributed by atoms with Crippen LogP contribution in [-0.2, 0) is 6.18 Å². The van der Waals surface area contributed by atoms with Gasteiger partial charge in [-0.05, 0) is 6.07 Å². The lowest BCUT2D eigenvalue weighted by atomic mass is 10.2. The number of non-ortho nitro benzene ring substituents is 1. The Morgan fingerprint density at radius 3 is 2.59 bits per heavy atom. The number of benzene rings is 1. The minimum absolute atomic E-state index is 0.0987. The minimum Gasteiger partial charge on any atom is -0.494 e. The highest BCUT2D eigenvalue weighted by atomic mass is 19.4. The lowest BCUT2D eigenvalue weighted by Crippen LogP contribution is -2.16. The molecular formula is C11H7F3N4O4. The number of nitro benzene ring substituents is 1. The summed E-state index contributed by atoms with van der Waals surface area (Å²) >= 11 is 0. The van der Waals surface area contributed by atoms with Gasteiger partial charge in [-0.25, -0.2) is 4.68 Å². The van der Waals surface area contributed by atoms with Crippen molar-refractivity contribution in [2.45, 2.75) is 6.18 Å². The molecule has 1 aromatic heterocycles. The van der Waals surface area contributed by atoms with E-state index in [1.54, 1.807) is 0 Å². The van der Waals surface area contributed by atoms with E-state index in [0.29, 0.717) is 0 Å². The van der Waals surface area contributed by atoms with Gasteiger partial charge < -0.3 is 4.74 Å². The van der Waals surface area contributed by atoms with Gasteiger partial charge in [-0.3, -0.25) is 14.9 Å². The number of alkyl halides is 3. The van der Waals surface area contributed by atoms with Crippen molar-refractivity contribution in [2.24, 2.45) is 0 Å². The number of aldehydes is 1. The second-order valence-corrected chi connectivity index (χ2v) is 3.96. The van der Waals surface area contributed by atoms with Gasteiger partial charge in [0, 0.05) is 12.1 Å². The van der Waals surface area contributed by atoms with Crippen molar-refractivity contribution in [1.82, 2.24) is 15.0 Å². The van der Waals surface area contributed by atoms with Gasteiger partial charge >= 0.3 is 6.18 Å². The van der Waals surface area contributed by atoms with Crippen LogP contribution in [0.5, 0.6) is 5.75 Å². The summed E-state index contributed by atoms with van der Waals surface area (Å²) in [5, 5.41) is 17.1. The topological polar surface area (TPSA) is 100 Å². The third-order valence-electron chi connectivity index (χ3n) is 2.68. The predicted octanol–water partition coefficient (Wildman–Crippen LogP) is 2.02. The fourth-order valence-corrected chi connectivity index (χ4v) is 1.76. The molecule has 0 aliphatic rings. The fourth-order valence-electron chi connectivity index (χ4n) is 1.76. The lowest BCUT2D eigenvalue weighted by molar-refractivity contribution is -0.384. The highest BCUT2D eigenvalue weighted by Gasteiger charge is 2.40. The third kappa shape index (κ3) is 2.60. The zero-order chi connectivity index (χ0) is 16.5. The molecule has 0 saturated heterocycles. The molecule has 0 bridgehead atoms. The van der Waals surface area contributed by atoms with Gasteiger partial charge in [0.25, 0.3) is 5.69 Å². The molecule has 0 atom stereocenters. The SMILES string of the molecule is COc1ccc([N+](=O)[O-])cc1-n1nnc(C=O)c1C(F)(F)F. The van der Waals surface area contributed by atoms with Crippen LogP contribution < -0.4 is 4.74 Å². The lowest BCUT2D eigenvalue weighted by Gasteiger charge is -2.12. The van der Waals surface area contributed by atoms with Crippen molar-refractivity contribution in [3.8, 4) is 11.4 Å². The van der Waals surface area contributed by atoms with E-state index < -0.39 is 28.2 Å². The van der Waals surface area contributed by atoms with Crippen LogP contribution in [0.4, 0.5) is 18.9 Å². The summed E-state index contributed by atoms with van der Waals surface area (Å²) in [6, 6.07) is 3.03. The van der Waals surface area contributed by atoms with Crippen LogP contribution in [0.2, 0.25) is 0 Å². The molecule has 22 heavy (non-hydrogen) atoms. The minimum atomic E-state index is -4.94. The smallest absolute Gasteiger partial charge is 0.435 e. The summed E-state index contributed by atoms with van der Waals surface area (Å²) in [7, 11) is 1.18. The van der Waals surface area contributed by atoms with E-state index in [1.807, 2.05) is 0 Å². The second-order valence-electron chi connectivity index (χ2n) is 3.96. The standard InChI is InChI=1S/C11H7F3N4O4/c1-22-9-3-2-6(18(20)21)4-8(9)17-10(11(12,13)14)7(5-19)15-16-17/h2-5H,1H3. The molecule has 1 heterocycles. The first-order valence-electron chi connectivity index (χ1n) is 5.60. The maximum Gasteiger partial charge on any atom is 0.435 e. The van der Waals surface area contributed by atoms with Crippen molar-refractivity contribution in [2.75, 3.05) is 7.11 Å². The fraction of sp³-hybridized carbons (Fsp3) is 0.182. The average Bonchev–Trinajstić information content (AvgIpc) is 2.90. The molecule has 0 amide bonds. The molecule has 0 unspecified atom stereocenters. The van der Waals surface area contributed by atoms with Crippen molar-refractivity contribution in [3.63, 3.8) is 0 Å². The van der Waals surface area contributed by atoms with Crippen LogP contribution in [0.3, 0.4) is 0 Å². The second kappa shape index (κ2) is 5.42. The Morgan fingerprint density at radius 2 is 2.09 bits per heavy atom. The molecule has 0 radical (unpaired) electrons. The number of halogens is 3. The van der Waals surface area contributed by atoms with Gasteiger partial charge in [-0.2, -0.15) is 13.2 Å². The molecule has 0 N–H and O–H groups in total. The van der Waals surface area contributed by atoms with Crippen LogP contribution in [0, 0.1) is 10.1 Å². The number of nitro groups is 1.